The van der Waals surface area contributed by atoms with Crippen molar-refractivity contribution in [2.75, 3.05) is 0 Å². The fourth-order valence-electron chi connectivity index (χ4n) is 1.33. The molecule has 2 aromatic carbocycles. The lowest BCUT2D eigenvalue weighted by molar-refractivity contribution is 0.111. The third-order valence-electron chi connectivity index (χ3n) is 2.23. The highest BCUT2D eigenvalue weighted by Crippen LogP contribution is 2.26. The van der Waals surface area contributed by atoms with Crippen molar-refractivity contribution in [3.05, 3.63) is 47.5 Å². The molecule has 2 rings (SSSR count). The summed E-state index contributed by atoms with van der Waals surface area (Å²) in [4.78, 5) is 20.2. The number of phenols is 4. The molecule has 104 valence electrons. The second kappa shape index (κ2) is 6.79. The fourth-order valence-corrected chi connectivity index (χ4v) is 1.33. The minimum atomic E-state index is -0.363. The van der Waals surface area contributed by atoms with Crippen LogP contribution < -0.4 is 0 Å². The molecule has 6 nitrogen and oxygen atoms in total. The summed E-state index contributed by atoms with van der Waals surface area (Å²) in [6.07, 6.45) is 1.04. The summed E-state index contributed by atoms with van der Waals surface area (Å²) >= 11 is 0. The van der Waals surface area contributed by atoms with Gasteiger partial charge in [-0.25, -0.2) is 0 Å². The van der Waals surface area contributed by atoms with E-state index in [-0.39, 0.29) is 34.1 Å². The first kappa shape index (κ1) is 15.0. The number of aldehydes is 2. The van der Waals surface area contributed by atoms with Crippen LogP contribution in [0.3, 0.4) is 0 Å². The average molecular weight is 276 g/mol. The first-order chi connectivity index (χ1) is 9.47. The third kappa shape index (κ3) is 4.02. The van der Waals surface area contributed by atoms with Crippen LogP contribution in [0.5, 0.6) is 23.0 Å². The minimum absolute atomic E-state index is 0.0972. The number of benzene rings is 2. The Hall–Kier alpha value is -3.02. The Labute approximate surface area is 114 Å². The maximum absolute atomic E-state index is 10.1. The van der Waals surface area contributed by atoms with Crippen molar-refractivity contribution in [2.45, 2.75) is 0 Å². The first-order valence-corrected chi connectivity index (χ1v) is 5.42. The lowest BCUT2D eigenvalue weighted by Crippen LogP contribution is -1.79. The number of phenolic OH excluding ortho intramolecular Hbond substituents is 4. The van der Waals surface area contributed by atoms with E-state index in [1.165, 1.54) is 30.3 Å². The Morgan fingerprint density at radius 3 is 1.85 bits per heavy atom. The van der Waals surface area contributed by atoms with Gasteiger partial charge in [-0.3, -0.25) is 9.59 Å². The van der Waals surface area contributed by atoms with Crippen LogP contribution in [-0.4, -0.2) is 33.0 Å². The van der Waals surface area contributed by atoms with Crippen molar-refractivity contribution in [3.8, 4) is 23.0 Å². The van der Waals surface area contributed by atoms with Crippen LogP contribution in [-0.2, 0) is 0 Å². The molecule has 0 radical (unpaired) electrons. The van der Waals surface area contributed by atoms with Crippen LogP contribution in [0.15, 0.2) is 36.4 Å². The molecule has 2 aromatic rings. The maximum Gasteiger partial charge on any atom is 0.168 e. The Morgan fingerprint density at radius 2 is 1.40 bits per heavy atom. The molecule has 0 bridgehead atoms. The Kier molecular flexibility index (Phi) is 5.11. The highest BCUT2D eigenvalue weighted by atomic mass is 16.3. The summed E-state index contributed by atoms with van der Waals surface area (Å²) in [5.74, 6) is -0.855. The number of carbonyl (C=O) groups excluding carboxylic acids is 2. The van der Waals surface area contributed by atoms with Gasteiger partial charge >= 0.3 is 0 Å². The monoisotopic (exact) mass is 276 g/mol. The van der Waals surface area contributed by atoms with E-state index < -0.39 is 0 Å². The van der Waals surface area contributed by atoms with E-state index in [0.29, 0.717) is 12.6 Å². The molecule has 0 fully saturated rings. The van der Waals surface area contributed by atoms with E-state index in [4.69, 9.17) is 20.4 Å². The molecule has 0 spiro atoms. The highest BCUT2D eigenvalue weighted by molar-refractivity contribution is 5.80. The standard InChI is InChI=1S/2C7H6O3/c8-4-5-1-6(9)3-7(10)2-5;8-4-5-2-1-3-6(9)7(5)10/h2*1-4,9-10H. The van der Waals surface area contributed by atoms with E-state index in [1.54, 1.807) is 0 Å². The van der Waals surface area contributed by atoms with Crippen LogP contribution in [0.1, 0.15) is 20.7 Å². The van der Waals surface area contributed by atoms with Crippen molar-refractivity contribution in [2.24, 2.45) is 0 Å². The Balaban J connectivity index is 0.000000200. The number of aromatic hydroxyl groups is 4. The van der Waals surface area contributed by atoms with Gasteiger partial charge in [0.2, 0.25) is 0 Å². The SMILES string of the molecule is O=Cc1cc(O)cc(O)c1.O=Cc1cccc(O)c1O. The molecule has 4 N–H and O–H groups in total. The number of rotatable bonds is 2. The van der Waals surface area contributed by atoms with Gasteiger partial charge in [0.1, 0.15) is 17.8 Å². The number of para-hydroxylation sites is 1. The smallest absolute Gasteiger partial charge is 0.168 e. The summed E-state index contributed by atoms with van der Waals surface area (Å²) in [6, 6.07) is 7.91. The molecular formula is C14H12O6. The lowest BCUT2D eigenvalue weighted by atomic mass is 10.2. The quantitative estimate of drug-likeness (QED) is 0.491. The second-order valence-corrected chi connectivity index (χ2v) is 3.73. The van der Waals surface area contributed by atoms with Crippen LogP contribution in [0, 0.1) is 0 Å². The molecule has 0 aliphatic heterocycles. The summed E-state index contributed by atoms with van der Waals surface area (Å²) in [7, 11) is 0. The van der Waals surface area contributed by atoms with Crippen LogP contribution in [0.4, 0.5) is 0 Å². The zero-order valence-corrected chi connectivity index (χ0v) is 10.2. The summed E-state index contributed by atoms with van der Waals surface area (Å²) in [5, 5.41) is 35.4. The molecule has 0 aromatic heterocycles. The Bertz CT molecular complexity index is 601. The summed E-state index contributed by atoms with van der Waals surface area (Å²) in [6.45, 7) is 0. The third-order valence-corrected chi connectivity index (χ3v) is 2.23. The molecule has 0 saturated heterocycles. The molecule has 0 amide bonds. The molecule has 0 unspecified atom stereocenters. The van der Waals surface area contributed by atoms with Crippen molar-refractivity contribution >= 4 is 12.6 Å². The van der Waals surface area contributed by atoms with E-state index in [0.717, 1.165) is 6.07 Å². The van der Waals surface area contributed by atoms with Crippen LogP contribution in [0.2, 0.25) is 0 Å². The van der Waals surface area contributed by atoms with Gasteiger partial charge in [0.15, 0.2) is 17.8 Å². The second-order valence-electron chi connectivity index (χ2n) is 3.73. The number of hydrogen-bond donors (Lipinski definition) is 4. The van der Waals surface area contributed by atoms with E-state index in [2.05, 4.69) is 0 Å². The predicted molar refractivity (Wildman–Crippen MR) is 70.3 cm³/mol. The highest BCUT2D eigenvalue weighted by Gasteiger charge is 2.02. The molecule has 0 aliphatic rings. The number of carbonyl (C=O) groups is 2. The molecule has 6 heteroatoms. The summed E-state index contributed by atoms with van der Waals surface area (Å²) in [5.41, 5.74) is 0.359. The molecule has 0 aliphatic carbocycles. The molecular weight excluding hydrogens is 264 g/mol. The zero-order chi connectivity index (χ0) is 15.1. The number of hydrogen-bond acceptors (Lipinski definition) is 6. The van der Waals surface area contributed by atoms with E-state index >= 15 is 0 Å². The van der Waals surface area contributed by atoms with Gasteiger partial charge in [0, 0.05) is 11.6 Å². The average Bonchev–Trinajstić information content (AvgIpc) is 2.41. The van der Waals surface area contributed by atoms with E-state index in [9.17, 15) is 9.59 Å². The van der Waals surface area contributed by atoms with Gasteiger partial charge in [-0.2, -0.15) is 0 Å². The van der Waals surface area contributed by atoms with Gasteiger partial charge in [0.05, 0.1) is 5.56 Å². The zero-order valence-electron chi connectivity index (χ0n) is 10.2. The molecule has 0 atom stereocenters. The van der Waals surface area contributed by atoms with Crippen molar-refractivity contribution in [1.29, 1.82) is 0 Å². The lowest BCUT2D eigenvalue weighted by Gasteiger charge is -1.97. The van der Waals surface area contributed by atoms with Gasteiger partial charge in [-0.15, -0.1) is 0 Å². The van der Waals surface area contributed by atoms with E-state index in [1.807, 2.05) is 0 Å². The van der Waals surface area contributed by atoms with Crippen molar-refractivity contribution in [3.63, 3.8) is 0 Å². The van der Waals surface area contributed by atoms with Gasteiger partial charge in [-0.05, 0) is 24.3 Å². The topological polar surface area (TPSA) is 115 Å². The maximum atomic E-state index is 10.1. The minimum Gasteiger partial charge on any atom is -0.508 e. The Morgan fingerprint density at radius 1 is 0.800 bits per heavy atom. The van der Waals surface area contributed by atoms with Gasteiger partial charge in [0.25, 0.3) is 0 Å². The molecule has 0 heterocycles. The normalized spacial score (nSPS) is 9.20. The van der Waals surface area contributed by atoms with Gasteiger partial charge < -0.3 is 20.4 Å². The van der Waals surface area contributed by atoms with Crippen molar-refractivity contribution < 1.29 is 30.0 Å². The van der Waals surface area contributed by atoms with Crippen LogP contribution >= 0.6 is 0 Å². The molecule has 0 saturated carbocycles. The fraction of sp³-hybridized carbons (Fsp3) is 0. The van der Waals surface area contributed by atoms with Gasteiger partial charge in [-0.1, -0.05) is 6.07 Å². The first-order valence-electron chi connectivity index (χ1n) is 5.42. The van der Waals surface area contributed by atoms with Crippen LogP contribution in [0.25, 0.3) is 0 Å². The van der Waals surface area contributed by atoms with Crippen molar-refractivity contribution in [1.82, 2.24) is 0 Å². The molecule has 20 heavy (non-hydrogen) atoms. The largest absolute Gasteiger partial charge is 0.508 e. The predicted octanol–water partition coefficient (Wildman–Crippen LogP) is 1.82. The summed E-state index contributed by atoms with van der Waals surface area (Å²) < 4.78 is 0.